The third kappa shape index (κ3) is 5.02. The van der Waals surface area contributed by atoms with Gasteiger partial charge in [-0.05, 0) is 6.07 Å². The second-order valence-electron chi connectivity index (χ2n) is 4.27. The van der Waals surface area contributed by atoms with Crippen LogP contribution in [0.3, 0.4) is 0 Å². The minimum Gasteiger partial charge on any atom is -0.481 e. The first-order valence-electron chi connectivity index (χ1n) is 6.29. The zero-order valence-corrected chi connectivity index (χ0v) is 12.1. The fourth-order valence-electron chi connectivity index (χ4n) is 1.53. The van der Waals surface area contributed by atoms with Gasteiger partial charge in [0.2, 0.25) is 11.8 Å². The summed E-state index contributed by atoms with van der Waals surface area (Å²) in [5.74, 6) is -0.657. The monoisotopic (exact) mass is 321 g/mol. The number of carboxylic acids is 1. The van der Waals surface area contributed by atoms with Crippen LogP contribution in [-0.4, -0.2) is 27.0 Å². The fourth-order valence-corrected chi connectivity index (χ4v) is 1.69. The Morgan fingerprint density at radius 2 is 2.05 bits per heavy atom. The molecule has 0 bridgehead atoms. The van der Waals surface area contributed by atoms with E-state index in [1.54, 1.807) is 18.2 Å². The average Bonchev–Trinajstić information content (AvgIpc) is 2.47. The molecular formula is C14H12ClN3O4. The van der Waals surface area contributed by atoms with Gasteiger partial charge in [0.05, 0.1) is 29.5 Å². The van der Waals surface area contributed by atoms with E-state index in [-0.39, 0.29) is 12.8 Å². The van der Waals surface area contributed by atoms with Crippen molar-refractivity contribution < 1.29 is 19.4 Å². The Kier molecular flexibility index (Phi) is 5.26. The fraction of sp³-hybridized carbons (Fsp3) is 0.143. The SMILES string of the molecule is O=C(O)CCC(=O)Nc1ccc(Oc2cncc(Cl)c2)nc1. The lowest BCUT2D eigenvalue weighted by molar-refractivity contribution is -0.138. The highest BCUT2D eigenvalue weighted by Crippen LogP contribution is 2.22. The molecule has 0 unspecified atom stereocenters. The number of ether oxygens (including phenoxy) is 1. The topological polar surface area (TPSA) is 101 Å². The standard InChI is InChI=1S/C14H12ClN3O4/c15-9-5-11(8-16-6-9)22-13-3-1-10(7-17-13)18-12(19)2-4-14(20)21/h1,3,5-8H,2,4H2,(H,18,19)(H,20,21). The number of halogens is 1. The number of anilines is 1. The van der Waals surface area contributed by atoms with Gasteiger partial charge in [0.15, 0.2) is 0 Å². The second-order valence-corrected chi connectivity index (χ2v) is 4.70. The first-order valence-corrected chi connectivity index (χ1v) is 6.67. The molecule has 114 valence electrons. The summed E-state index contributed by atoms with van der Waals surface area (Å²) in [5, 5.41) is 11.5. The van der Waals surface area contributed by atoms with Crippen LogP contribution in [0.2, 0.25) is 5.02 Å². The number of carboxylic acid groups (broad SMARTS) is 1. The van der Waals surface area contributed by atoms with Crippen LogP contribution >= 0.6 is 11.6 Å². The summed E-state index contributed by atoms with van der Waals surface area (Å²) in [6.45, 7) is 0. The van der Waals surface area contributed by atoms with Crippen LogP contribution < -0.4 is 10.1 Å². The second kappa shape index (κ2) is 7.37. The Hall–Kier alpha value is -2.67. The largest absolute Gasteiger partial charge is 0.481 e. The number of amides is 1. The molecule has 2 N–H and O–H groups in total. The molecule has 0 aliphatic rings. The van der Waals surface area contributed by atoms with Crippen molar-refractivity contribution >= 4 is 29.2 Å². The van der Waals surface area contributed by atoms with Gasteiger partial charge in [-0.3, -0.25) is 14.6 Å². The van der Waals surface area contributed by atoms with E-state index in [0.29, 0.717) is 22.3 Å². The maximum atomic E-state index is 11.5. The minimum atomic E-state index is -1.02. The molecule has 0 aliphatic carbocycles. The maximum absolute atomic E-state index is 11.5. The van der Waals surface area contributed by atoms with Crippen molar-refractivity contribution in [2.45, 2.75) is 12.8 Å². The van der Waals surface area contributed by atoms with Gasteiger partial charge in [-0.15, -0.1) is 0 Å². The van der Waals surface area contributed by atoms with Crippen molar-refractivity contribution in [2.75, 3.05) is 5.32 Å². The van der Waals surface area contributed by atoms with Gasteiger partial charge in [0.1, 0.15) is 5.75 Å². The molecule has 0 fully saturated rings. The van der Waals surface area contributed by atoms with Crippen molar-refractivity contribution in [3.05, 3.63) is 41.8 Å². The lowest BCUT2D eigenvalue weighted by atomic mass is 10.3. The summed E-state index contributed by atoms with van der Waals surface area (Å²) in [6.07, 6.45) is 4.07. The lowest BCUT2D eigenvalue weighted by Crippen LogP contribution is -2.13. The molecule has 2 aromatic rings. The first-order chi connectivity index (χ1) is 10.5. The van der Waals surface area contributed by atoms with Crippen LogP contribution in [0.25, 0.3) is 0 Å². The Morgan fingerprint density at radius 3 is 2.68 bits per heavy atom. The van der Waals surface area contributed by atoms with Crippen LogP contribution in [0.4, 0.5) is 5.69 Å². The van der Waals surface area contributed by atoms with E-state index in [1.165, 1.54) is 18.6 Å². The number of rotatable bonds is 6. The highest BCUT2D eigenvalue weighted by Gasteiger charge is 2.06. The highest BCUT2D eigenvalue weighted by molar-refractivity contribution is 6.30. The van der Waals surface area contributed by atoms with E-state index in [2.05, 4.69) is 15.3 Å². The number of aromatic nitrogens is 2. The Morgan fingerprint density at radius 1 is 1.23 bits per heavy atom. The van der Waals surface area contributed by atoms with E-state index >= 15 is 0 Å². The molecule has 1 amide bonds. The molecule has 0 aliphatic heterocycles. The summed E-state index contributed by atoms with van der Waals surface area (Å²) in [4.78, 5) is 29.8. The number of aliphatic carboxylic acids is 1. The molecule has 2 rings (SSSR count). The molecule has 0 aromatic carbocycles. The molecule has 7 nitrogen and oxygen atoms in total. The number of nitrogens with zero attached hydrogens (tertiary/aromatic N) is 2. The zero-order valence-electron chi connectivity index (χ0n) is 11.3. The Labute approximate surface area is 130 Å². The van der Waals surface area contributed by atoms with Crippen LogP contribution in [0.1, 0.15) is 12.8 Å². The smallest absolute Gasteiger partial charge is 0.303 e. The molecular weight excluding hydrogens is 310 g/mol. The number of carbonyl (C=O) groups excluding carboxylic acids is 1. The maximum Gasteiger partial charge on any atom is 0.303 e. The Bertz CT molecular complexity index is 676. The van der Waals surface area contributed by atoms with E-state index in [1.807, 2.05) is 0 Å². The number of nitrogens with one attached hydrogen (secondary N) is 1. The van der Waals surface area contributed by atoms with Gasteiger partial charge in [-0.2, -0.15) is 0 Å². The Balaban J connectivity index is 1.92. The van der Waals surface area contributed by atoms with E-state index < -0.39 is 11.9 Å². The average molecular weight is 322 g/mol. The third-order valence-electron chi connectivity index (χ3n) is 2.49. The van der Waals surface area contributed by atoms with Gasteiger partial charge in [0.25, 0.3) is 0 Å². The number of pyridine rings is 2. The molecule has 2 aromatic heterocycles. The summed E-state index contributed by atoms with van der Waals surface area (Å²) >= 11 is 5.79. The predicted molar refractivity (Wildman–Crippen MR) is 79.1 cm³/mol. The van der Waals surface area contributed by atoms with Crippen LogP contribution in [0.5, 0.6) is 11.6 Å². The van der Waals surface area contributed by atoms with Gasteiger partial charge < -0.3 is 15.2 Å². The van der Waals surface area contributed by atoms with E-state index in [0.717, 1.165) is 0 Å². The lowest BCUT2D eigenvalue weighted by Gasteiger charge is -2.06. The number of carbonyl (C=O) groups is 2. The van der Waals surface area contributed by atoms with Crippen LogP contribution in [0.15, 0.2) is 36.8 Å². The van der Waals surface area contributed by atoms with Crippen LogP contribution in [0, 0.1) is 0 Å². The highest BCUT2D eigenvalue weighted by atomic mass is 35.5. The quantitative estimate of drug-likeness (QED) is 0.848. The summed E-state index contributed by atoms with van der Waals surface area (Å²) in [6, 6.07) is 4.75. The van der Waals surface area contributed by atoms with Crippen molar-refractivity contribution in [1.82, 2.24) is 9.97 Å². The summed E-state index contributed by atoms with van der Waals surface area (Å²) in [5.41, 5.74) is 0.451. The first kappa shape index (κ1) is 15.7. The van der Waals surface area contributed by atoms with Gasteiger partial charge >= 0.3 is 5.97 Å². The van der Waals surface area contributed by atoms with Gasteiger partial charge in [-0.25, -0.2) is 4.98 Å². The predicted octanol–water partition coefficient (Wildman–Crippen LogP) is 2.73. The number of hydrogen-bond donors (Lipinski definition) is 2. The van der Waals surface area contributed by atoms with E-state index in [4.69, 9.17) is 21.4 Å². The van der Waals surface area contributed by atoms with Crippen molar-refractivity contribution in [3.63, 3.8) is 0 Å². The van der Waals surface area contributed by atoms with E-state index in [9.17, 15) is 9.59 Å². The molecule has 8 heteroatoms. The third-order valence-corrected chi connectivity index (χ3v) is 2.69. The number of hydrogen-bond acceptors (Lipinski definition) is 5. The molecule has 0 saturated carbocycles. The molecule has 0 atom stereocenters. The minimum absolute atomic E-state index is 0.0955. The van der Waals surface area contributed by atoms with Crippen molar-refractivity contribution in [3.8, 4) is 11.6 Å². The van der Waals surface area contributed by atoms with Crippen molar-refractivity contribution in [2.24, 2.45) is 0 Å². The van der Waals surface area contributed by atoms with Crippen molar-refractivity contribution in [1.29, 1.82) is 0 Å². The molecule has 2 heterocycles. The van der Waals surface area contributed by atoms with Gasteiger partial charge in [-0.1, -0.05) is 11.6 Å². The summed E-state index contributed by atoms with van der Waals surface area (Å²) < 4.78 is 5.45. The summed E-state index contributed by atoms with van der Waals surface area (Å²) in [7, 11) is 0. The van der Waals surface area contributed by atoms with Gasteiger partial charge in [0, 0.05) is 24.8 Å². The normalized spacial score (nSPS) is 10.0. The molecule has 22 heavy (non-hydrogen) atoms. The molecule has 0 spiro atoms. The molecule has 0 radical (unpaired) electrons. The molecule has 0 saturated heterocycles. The zero-order chi connectivity index (χ0) is 15.9. The van der Waals surface area contributed by atoms with Crippen LogP contribution in [-0.2, 0) is 9.59 Å².